The zero-order valence-corrected chi connectivity index (χ0v) is 21.8. The second-order valence-corrected chi connectivity index (χ2v) is 8.96. The summed E-state index contributed by atoms with van der Waals surface area (Å²) in [5, 5.41) is 5.75. The number of terminal acetylenes is 1. The van der Waals surface area contributed by atoms with Crippen molar-refractivity contribution < 1.29 is 4.79 Å². The van der Waals surface area contributed by atoms with E-state index in [0.717, 1.165) is 33.4 Å². The Kier molecular flexibility index (Phi) is 7.99. The first-order valence-electron chi connectivity index (χ1n) is 12.4. The van der Waals surface area contributed by atoms with Gasteiger partial charge < -0.3 is 9.80 Å². The molecule has 1 amide bonds. The van der Waals surface area contributed by atoms with Crippen molar-refractivity contribution in [2.24, 2.45) is 9.98 Å². The van der Waals surface area contributed by atoms with Gasteiger partial charge in [-0.2, -0.15) is 0 Å². The van der Waals surface area contributed by atoms with Crippen LogP contribution in [0.1, 0.15) is 35.3 Å². The monoisotopic (exact) mass is 492 g/mol. The topological polar surface area (TPSA) is 65.6 Å². The maximum Gasteiger partial charge on any atom is 0.253 e. The number of aliphatic imine (C=N–C) groups is 1. The van der Waals surface area contributed by atoms with Gasteiger partial charge in [0.15, 0.2) is 5.82 Å². The minimum Gasteiger partial charge on any atom is -0.351 e. The van der Waals surface area contributed by atoms with Crippen LogP contribution in [0.25, 0.3) is 5.52 Å². The van der Waals surface area contributed by atoms with Gasteiger partial charge in [0.2, 0.25) is 0 Å². The molecular weight excluding hydrogens is 460 g/mol. The normalized spacial score (nSPS) is 15.5. The zero-order valence-electron chi connectivity index (χ0n) is 21.8. The molecule has 0 N–H and O–H groups in total. The Hall–Kier alpha value is -4.44. The Morgan fingerprint density at radius 2 is 1.86 bits per heavy atom. The van der Waals surface area contributed by atoms with E-state index in [2.05, 4.69) is 28.8 Å². The Balaban J connectivity index is 1.61. The first kappa shape index (κ1) is 25.6. The molecule has 1 aliphatic rings. The number of hydrogen-bond donors (Lipinski definition) is 0. The number of aryl methyl sites for hydroxylation is 1. The smallest absolute Gasteiger partial charge is 0.253 e. The van der Waals surface area contributed by atoms with Gasteiger partial charge in [0, 0.05) is 50.6 Å². The molecule has 1 aliphatic heterocycles. The van der Waals surface area contributed by atoms with Gasteiger partial charge in [-0.05, 0) is 80.4 Å². The summed E-state index contributed by atoms with van der Waals surface area (Å²) >= 11 is 0. The van der Waals surface area contributed by atoms with Crippen LogP contribution in [0.3, 0.4) is 0 Å². The fraction of sp³-hybridized carbons (Fsp3) is 0.267. The molecule has 4 rings (SSSR count). The third-order valence-corrected chi connectivity index (χ3v) is 6.31. The van der Waals surface area contributed by atoms with E-state index in [-0.39, 0.29) is 5.91 Å². The van der Waals surface area contributed by atoms with Crippen LogP contribution in [0.15, 0.2) is 82.4 Å². The molecule has 1 saturated heterocycles. The number of allylic oxidation sites excluding steroid dienone is 3. The summed E-state index contributed by atoms with van der Waals surface area (Å²) in [7, 11) is 1.75. The van der Waals surface area contributed by atoms with Gasteiger partial charge in [0.25, 0.3) is 5.91 Å². The average molecular weight is 493 g/mol. The number of carbonyl (C=O) groups is 1. The summed E-state index contributed by atoms with van der Waals surface area (Å²) in [6, 6.07) is 13.2. The number of piperazine rings is 1. The van der Waals surface area contributed by atoms with Crippen LogP contribution in [0.5, 0.6) is 0 Å². The van der Waals surface area contributed by atoms with E-state index in [1.807, 2.05) is 59.8 Å². The summed E-state index contributed by atoms with van der Waals surface area (Å²) < 4.78 is 1.86. The molecule has 1 aromatic carbocycles. The lowest BCUT2D eigenvalue weighted by Crippen LogP contribution is -2.49. The number of nitrogens with zero attached hydrogens (tertiary/aromatic N) is 6. The van der Waals surface area contributed by atoms with Gasteiger partial charge in [-0.15, -0.1) is 11.5 Å². The molecule has 3 heterocycles. The Morgan fingerprint density at radius 1 is 1.14 bits per heavy atom. The molecule has 37 heavy (non-hydrogen) atoms. The number of amides is 1. The van der Waals surface area contributed by atoms with E-state index >= 15 is 0 Å². The maximum atomic E-state index is 13.0. The van der Waals surface area contributed by atoms with Crippen molar-refractivity contribution >= 4 is 23.1 Å². The first-order chi connectivity index (χ1) is 17.9. The van der Waals surface area contributed by atoms with Crippen LogP contribution in [-0.2, 0) is 0 Å². The van der Waals surface area contributed by atoms with Crippen molar-refractivity contribution in [2.45, 2.75) is 20.8 Å². The van der Waals surface area contributed by atoms with Gasteiger partial charge in [-0.1, -0.05) is 18.1 Å². The summed E-state index contributed by atoms with van der Waals surface area (Å²) in [5.74, 6) is 4.13. The van der Waals surface area contributed by atoms with E-state index in [0.29, 0.717) is 37.6 Å². The molecule has 188 valence electrons. The standard InChI is InChI=1S/C30H32N6O/c1-6-9-22(3)20-28(31-5)32-26-21-23(4)29(33-36-15-8-10-27(26)36)34-16-18-35(19-17-34)30(37)25-13-11-24(7-2)12-14-25/h2,6,8-15,20-21H,16-19H2,1,3-5H3/b9-6?,22-20-,31-28?,32-26?. The van der Waals surface area contributed by atoms with E-state index in [4.69, 9.17) is 16.5 Å². The summed E-state index contributed by atoms with van der Waals surface area (Å²) in [5.41, 5.74) is 4.41. The molecule has 7 heteroatoms. The predicted molar refractivity (Wildman–Crippen MR) is 150 cm³/mol. The van der Waals surface area contributed by atoms with Crippen LogP contribution in [0.2, 0.25) is 0 Å². The van der Waals surface area contributed by atoms with E-state index in [1.54, 1.807) is 31.3 Å². The van der Waals surface area contributed by atoms with Crippen molar-refractivity contribution in [3.05, 3.63) is 94.5 Å². The number of hydrogen-bond acceptors (Lipinski definition) is 4. The lowest BCUT2D eigenvalue weighted by molar-refractivity contribution is 0.0746. The first-order valence-corrected chi connectivity index (χ1v) is 12.4. The molecule has 0 aliphatic carbocycles. The van der Waals surface area contributed by atoms with E-state index in [9.17, 15) is 4.79 Å². The highest BCUT2D eigenvalue weighted by Gasteiger charge is 2.24. The summed E-state index contributed by atoms with van der Waals surface area (Å²) in [6.45, 7) is 8.67. The molecule has 0 bridgehead atoms. The Labute approximate surface area is 218 Å². The van der Waals surface area contributed by atoms with E-state index < -0.39 is 0 Å². The number of amidine groups is 1. The lowest BCUT2D eigenvalue weighted by Gasteiger charge is -2.35. The maximum absolute atomic E-state index is 13.0. The van der Waals surface area contributed by atoms with Crippen LogP contribution in [0.4, 0.5) is 5.82 Å². The average Bonchev–Trinajstić information content (AvgIpc) is 3.34. The van der Waals surface area contributed by atoms with Crippen molar-refractivity contribution in [3.8, 4) is 12.3 Å². The highest BCUT2D eigenvalue weighted by molar-refractivity contribution is 5.95. The summed E-state index contributed by atoms with van der Waals surface area (Å²) in [4.78, 5) is 26.3. The highest BCUT2D eigenvalue weighted by Crippen LogP contribution is 2.19. The van der Waals surface area contributed by atoms with Crippen LogP contribution in [0, 0.1) is 19.3 Å². The zero-order chi connectivity index (χ0) is 26.4. The van der Waals surface area contributed by atoms with Crippen molar-refractivity contribution in [3.63, 3.8) is 0 Å². The SMILES string of the molecule is C#Cc1ccc(C(=O)N2CCN(c3nn4cccc4c(=NC(/C=C(/C)C=CC)=NC)cc3C)CC2)cc1. The fourth-order valence-electron chi connectivity index (χ4n) is 4.39. The van der Waals surface area contributed by atoms with Crippen LogP contribution in [-0.4, -0.2) is 59.5 Å². The predicted octanol–water partition coefficient (Wildman–Crippen LogP) is 4.04. The largest absolute Gasteiger partial charge is 0.351 e. The van der Waals surface area contributed by atoms with Crippen molar-refractivity contribution in [1.29, 1.82) is 0 Å². The van der Waals surface area contributed by atoms with Gasteiger partial charge in [0.1, 0.15) is 5.84 Å². The lowest BCUT2D eigenvalue weighted by atomic mass is 10.1. The van der Waals surface area contributed by atoms with Crippen molar-refractivity contribution in [2.75, 3.05) is 38.1 Å². The van der Waals surface area contributed by atoms with Crippen LogP contribution >= 0.6 is 0 Å². The molecule has 2 aromatic heterocycles. The van der Waals surface area contributed by atoms with E-state index in [1.165, 1.54) is 0 Å². The van der Waals surface area contributed by atoms with Crippen molar-refractivity contribution in [1.82, 2.24) is 14.5 Å². The van der Waals surface area contributed by atoms with Gasteiger partial charge in [-0.3, -0.25) is 9.79 Å². The quantitative estimate of drug-likeness (QED) is 0.239. The minimum atomic E-state index is 0.0213. The highest BCUT2D eigenvalue weighted by atomic mass is 16.2. The fourth-order valence-corrected chi connectivity index (χ4v) is 4.39. The van der Waals surface area contributed by atoms with Crippen LogP contribution < -0.4 is 10.3 Å². The molecule has 3 aromatic rings. The van der Waals surface area contributed by atoms with Gasteiger partial charge in [0.05, 0.1) is 10.9 Å². The number of anilines is 1. The Morgan fingerprint density at radius 3 is 2.51 bits per heavy atom. The number of benzene rings is 1. The molecule has 0 radical (unpaired) electrons. The summed E-state index contributed by atoms with van der Waals surface area (Å²) in [6.07, 6.45) is 13.4. The number of rotatable bonds is 4. The number of carbonyl (C=O) groups excluding carboxylic acids is 1. The number of aromatic nitrogens is 2. The molecule has 0 saturated carbocycles. The molecule has 1 fully saturated rings. The molecule has 7 nitrogen and oxygen atoms in total. The second kappa shape index (κ2) is 11.5. The molecule has 0 unspecified atom stereocenters. The second-order valence-electron chi connectivity index (χ2n) is 8.96. The molecule has 0 atom stereocenters. The van der Waals surface area contributed by atoms with Gasteiger partial charge in [-0.25, -0.2) is 9.51 Å². The number of fused-ring (bicyclic) bond motifs is 1. The Bertz CT molecular complexity index is 1490. The van der Waals surface area contributed by atoms with Gasteiger partial charge >= 0.3 is 0 Å². The minimum absolute atomic E-state index is 0.0213. The third-order valence-electron chi connectivity index (χ3n) is 6.31. The molecule has 0 spiro atoms. The third kappa shape index (κ3) is 5.87. The molecular formula is C30H32N6O.